The minimum Gasteiger partial charge on any atom is -0.381 e. The Morgan fingerprint density at radius 2 is 1.03 bits per heavy atom. The van der Waals surface area contributed by atoms with Crippen LogP contribution in [0.15, 0.2) is 0 Å². The molecule has 33 heavy (non-hydrogen) atoms. The maximum atomic E-state index is 11.8. The van der Waals surface area contributed by atoms with E-state index in [1.54, 1.807) is 0 Å². The lowest BCUT2D eigenvalue weighted by molar-refractivity contribution is -0.124. The maximum Gasteiger partial charge on any atom is 0.219 e. The van der Waals surface area contributed by atoms with Gasteiger partial charge in [-0.25, -0.2) is 0 Å². The topological polar surface area (TPSA) is 64.6 Å². The largest absolute Gasteiger partial charge is 0.381 e. The predicted molar refractivity (Wildman–Crippen MR) is 139 cm³/mol. The average Bonchev–Trinajstić information content (AvgIpc) is 2.81. The van der Waals surface area contributed by atoms with Gasteiger partial charge >= 0.3 is 0 Å². The highest BCUT2D eigenvalue weighted by molar-refractivity contribution is 5.79. The van der Waals surface area contributed by atoms with E-state index in [0.717, 1.165) is 71.1 Å². The van der Waals surface area contributed by atoms with E-state index in [1.165, 1.54) is 57.8 Å². The van der Waals surface area contributed by atoms with E-state index < -0.39 is 0 Å². The smallest absolute Gasteiger partial charge is 0.219 e. The van der Waals surface area contributed by atoms with Gasteiger partial charge in [-0.1, -0.05) is 71.6 Å². The summed E-state index contributed by atoms with van der Waals surface area (Å²) in [4.78, 5) is 23.5. The lowest BCUT2D eigenvalue weighted by Gasteiger charge is -2.07. The zero-order chi connectivity index (χ0) is 24.2. The standard InChI is InChI=1S/C28H55NO4/c1-3-5-7-9-11-14-20-27(30)26-33-25-19-13-18-24-32-23-17-12-16-22-29-28(31)21-15-10-8-6-4-2/h3-26H2,1-2H3,(H,29,31). The molecule has 0 spiro atoms. The van der Waals surface area contributed by atoms with Crippen molar-refractivity contribution in [2.45, 2.75) is 136 Å². The van der Waals surface area contributed by atoms with Crippen molar-refractivity contribution in [1.82, 2.24) is 5.32 Å². The van der Waals surface area contributed by atoms with Gasteiger partial charge in [0.1, 0.15) is 6.61 Å². The van der Waals surface area contributed by atoms with Crippen molar-refractivity contribution in [2.75, 3.05) is 33.0 Å². The van der Waals surface area contributed by atoms with Crippen LogP contribution in [0.4, 0.5) is 0 Å². The lowest BCUT2D eigenvalue weighted by Crippen LogP contribution is -2.24. The first-order chi connectivity index (χ1) is 16.2. The van der Waals surface area contributed by atoms with Crippen LogP contribution in [0, 0.1) is 0 Å². The molecule has 0 radical (unpaired) electrons. The molecule has 0 rings (SSSR count). The fourth-order valence-corrected chi connectivity index (χ4v) is 3.76. The molecule has 0 fully saturated rings. The Morgan fingerprint density at radius 3 is 1.67 bits per heavy atom. The number of carbonyl (C=O) groups excluding carboxylic acids is 2. The molecule has 0 aliphatic carbocycles. The SMILES string of the molecule is CCCCCCCCC(=O)COCCCCCOCCCCCNC(=O)CCCCCCC. The van der Waals surface area contributed by atoms with Gasteiger partial charge in [-0.15, -0.1) is 0 Å². The number of ketones is 1. The predicted octanol–water partition coefficient (Wildman–Crippen LogP) is 7.16. The summed E-state index contributed by atoms with van der Waals surface area (Å²) in [6, 6.07) is 0. The summed E-state index contributed by atoms with van der Waals surface area (Å²) in [5.41, 5.74) is 0. The minimum atomic E-state index is 0.203. The highest BCUT2D eigenvalue weighted by Crippen LogP contribution is 2.08. The van der Waals surface area contributed by atoms with Crippen LogP contribution in [0.1, 0.15) is 136 Å². The van der Waals surface area contributed by atoms with Gasteiger partial charge in [0.25, 0.3) is 0 Å². The van der Waals surface area contributed by atoms with Gasteiger partial charge in [-0.3, -0.25) is 9.59 Å². The molecule has 5 heteroatoms. The lowest BCUT2D eigenvalue weighted by atomic mass is 10.1. The van der Waals surface area contributed by atoms with Crippen LogP contribution in [-0.2, 0) is 19.1 Å². The molecule has 1 N–H and O–H groups in total. The molecule has 0 unspecified atom stereocenters. The number of hydrogen-bond acceptors (Lipinski definition) is 4. The van der Waals surface area contributed by atoms with Gasteiger partial charge in [0.2, 0.25) is 5.91 Å². The fourth-order valence-electron chi connectivity index (χ4n) is 3.76. The van der Waals surface area contributed by atoms with E-state index in [0.29, 0.717) is 19.4 Å². The number of hydrogen-bond donors (Lipinski definition) is 1. The fraction of sp³-hybridized carbons (Fsp3) is 0.929. The van der Waals surface area contributed by atoms with Gasteiger partial charge < -0.3 is 14.8 Å². The van der Waals surface area contributed by atoms with Gasteiger partial charge in [0.15, 0.2) is 5.78 Å². The summed E-state index contributed by atoms with van der Waals surface area (Å²) in [7, 11) is 0. The molecule has 0 aromatic carbocycles. The maximum absolute atomic E-state index is 11.8. The molecular formula is C28H55NO4. The van der Waals surface area contributed by atoms with Crippen LogP contribution in [0.25, 0.3) is 0 Å². The molecule has 0 heterocycles. The van der Waals surface area contributed by atoms with Crippen LogP contribution >= 0.6 is 0 Å². The molecular weight excluding hydrogens is 414 g/mol. The molecule has 0 saturated carbocycles. The van der Waals surface area contributed by atoms with Crippen LogP contribution < -0.4 is 5.32 Å². The molecule has 0 saturated heterocycles. The van der Waals surface area contributed by atoms with Gasteiger partial charge in [0.05, 0.1) is 0 Å². The number of rotatable bonds is 27. The minimum absolute atomic E-state index is 0.203. The second-order valence-electron chi connectivity index (χ2n) is 9.36. The summed E-state index contributed by atoms with van der Waals surface area (Å²) in [6.45, 7) is 7.77. The third-order valence-corrected chi connectivity index (χ3v) is 5.94. The Bertz CT molecular complexity index is 428. The van der Waals surface area contributed by atoms with Gasteiger partial charge in [-0.2, -0.15) is 0 Å². The second kappa shape index (κ2) is 27.3. The van der Waals surface area contributed by atoms with E-state index in [1.807, 2.05) is 0 Å². The van der Waals surface area contributed by atoms with Crippen molar-refractivity contribution in [1.29, 1.82) is 0 Å². The van der Waals surface area contributed by atoms with E-state index in [4.69, 9.17) is 9.47 Å². The Balaban J connectivity index is 3.19. The zero-order valence-electron chi connectivity index (χ0n) is 22.1. The number of nitrogens with one attached hydrogen (secondary N) is 1. The van der Waals surface area contributed by atoms with Gasteiger partial charge in [0, 0.05) is 39.2 Å². The van der Waals surface area contributed by atoms with Gasteiger partial charge in [-0.05, 0) is 51.4 Å². The van der Waals surface area contributed by atoms with Crippen LogP contribution in [0.2, 0.25) is 0 Å². The van der Waals surface area contributed by atoms with E-state index in [2.05, 4.69) is 19.2 Å². The molecule has 1 amide bonds. The Morgan fingerprint density at radius 1 is 0.545 bits per heavy atom. The summed E-state index contributed by atoms with van der Waals surface area (Å²) >= 11 is 0. The summed E-state index contributed by atoms with van der Waals surface area (Å²) in [5, 5.41) is 3.02. The quantitative estimate of drug-likeness (QED) is 0.130. The number of Topliss-reactive ketones (excluding diaryl/α,β-unsaturated/α-hetero) is 1. The van der Waals surface area contributed by atoms with E-state index in [9.17, 15) is 9.59 Å². The number of amides is 1. The number of unbranched alkanes of at least 4 members (excludes halogenated alkanes) is 13. The molecule has 196 valence electrons. The van der Waals surface area contributed by atoms with E-state index in [-0.39, 0.29) is 18.3 Å². The van der Waals surface area contributed by atoms with Crippen LogP contribution in [0.3, 0.4) is 0 Å². The first kappa shape index (κ1) is 32.1. The van der Waals surface area contributed by atoms with Crippen molar-refractivity contribution in [3.8, 4) is 0 Å². The van der Waals surface area contributed by atoms with Crippen LogP contribution in [-0.4, -0.2) is 44.7 Å². The van der Waals surface area contributed by atoms with Crippen molar-refractivity contribution < 1.29 is 19.1 Å². The molecule has 0 aromatic heterocycles. The number of carbonyl (C=O) groups is 2. The first-order valence-electron chi connectivity index (χ1n) is 14.1. The summed E-state index contributed by atoms with van der Waals surface area (Å²) in [5.74, 6) is 0.449. The van der Waals surface area contributed by atoms with Crippen LogP contribution in [0.5, 0.6) is 0 Å². The van der Waals surface area contributed by atoms with Crippen molar-refractivity contribution in [3.05, 3.63) is 0 Å². The molecule has 0 atom stereocenters. The zero-order valence-corrected chi connectivity index (χ0v) is 22.1. The molecule has 0 aliphatic rings. The summed E-state index contributed by atoms with van der Waals surface area (Å²) < 4.78 is 11.2. The normalized spacial score (nSPS) is 11.1. The summed E-state index contributed by atoms with van der Waals surface area (Å²) in [6.07, 6.45) is 20.9. The second-order valence-corrected chi connectivity index (χ2v) is 9.36. The van der Waals surface area contributed by atoms with E-state index >= 15 is 0 Å². The third kappa shape index (κ3) is 27.2. The Kier molecular flexibility index (Phi) is 26.5. The highest BCUT2D eigenvalue weighted by atomic mass is 16.5. The highest BCUT2D eigenvalue weighted by Gasteiger charge is 2.02. The monoisotopic (exact) mass is 469 g/mol. The first-order valence-corrected chi connectivity index (χ1v) is 14.1. The molecule has 0 bridgehead atoms. The van der Waals surface area contributed by atoms with Crippen molar-refractivity contribution in [3.63, 3.8) is 0 Å². The van der Waals surface area contributed by atoms with Crippen molar-refractivity contribution in [2.24, 2.45) is 0 Å². The third-order valence-electron chi connectivity index (χ3n) is 5.94. The number of ether oxygens (including phenoxy) is 2. The molecule has 5 nitrogen and oxygen atoms in total. The Labute approximate surface area is 205 Å². The molecule has 0 aromatic rings. The average molecular weight is 470 g/mol. The Hall–Kier alpha value is -0.940. The molecule has 0 aliphatic heterocycles. The van der Waals surface area contributed by atoms with Crippen molar-refractivity contribution >= 4 is 11.7 Å².